The van der Waals surface area contributed by atoms with E-state index in [-0.39, 0.29) is 29.3 Å². The Morgan fingerprint density at radius 1 is 0.969 bits per heavy atom. The van der Waals surface area contributed by atoms with Crippen LogP contribution in [0, 0.1) is 0 Å². The minimum atomic E-state index is -0.488. The summed E-state index contributed by atoms with van der Waals surface area (Å²) in [4.78, 5) is 42.9. The Kier molecular flexibility index (Phi) is 6.72. The van der Waals surface area contributed by atoms with Crippen molar-refractivity contribution < 1.29 is 9.90 Å². The lowest BCUT2D eigenvalue weighted by atomic mass is 9.94. The molecule has 1 N–H and O–H groups in total. The molecular weight excluding hydrogens is 406 g/mol. The normalized spacial score (nSPS) is 18.3. The second kappa shape index (κ2) is 9.67. The fraction of sp³-hybridized carbons (Fsp3) is 0.520. The highest BCUT2D eigenvalue weighted by Crippen LogP contribution is 2.31. The number of carbonyl (C=O) groups excluding carboxylic acids is 1. The summed E-state index contributed by atoms with van der Waals surface area (Å²) >= 11 is 0. The van der Waals surface area contributed by atoms with Gasteiger partial charge in [-0.25, -0.2) is 4.79 Å². The monoisotopic (exact) mass is 437 g/mol. The van der Waals surface area contributed by atoms with Crippen molar-refractivity contribution in [3.05, 3.63) is 56.2 Å². The molecule has 7 heteroatoms. The molecule has 0 saturated heterocycles. The van der Waals surface area contributed by atoms with Crippen LogP contribution < -0.4 is 11.2 Å². The highest BCUT2D eigenvalue weighted by atomic mass is 16.3. The zero-order chi connectivity index (χ0) is 22.7. The highest BCUT2D eigenvalue weighted by molar-refractivity contribution is 5.95. The van der Waals surface area contributed by atoms with Crippen molar-refractivity contribution in [3.8, 4) is 5.88 Å². The third-order valence-electron chi connectivity index (χ3n) is 6.81. The van der Waals surface area contributed by atoms with Crippen LogP contribution in [0.5, 0.6) is 5.88 Å². The van der Waals surface area contributed by atoms with Crippen LogP contribution in [0.1, 0.15) is 99.1 Å². The molecule has 0 unspecified atom stereocenters. The van der Waals surface area contributed by atoms with Crippen LogP contribution in [-0.4, -0.2) is 26.2 Å². The molecule has 1 aromatic heterocycles. The van der Waals surface area contributed by atoms with Gasteiger partial charge in [0.05, 0.1) is 5.69 Å². The number of Topliss-reactive ketones (excluding diaryl/α,β-unsaturated/α-hetero) is 1. The summed E-state index contributed by atoms with van der Waals surface area (Å²) in [6.45, 7) is 1.48. The van der Waals surface area contributed by atoms with E-state index in [1.54, 1.807) is 24.3 Å². The van der Waals surface area contributed by atoms with Crippen molar-refractivity contribution >= 4 is 17.7 Å². The first kappa shape index (κ1) is 22.2. The van der Waals surface area contributed by atoms with Crippen LogP contribution in [0.3, 0.4) is 0 Å². The number of benzene rings is 1. The number of aromatic hydroxyl groups is 1. The standard InChI is InChI=1S/C25H31N3O4/c1-17(29)18-9-8-10-19(15-18)26-16-22-23(30)27(20-11-4-2-5-12-20)25(32)28(24(22)31)21-13-6-3-7-14-21/h8-10,15-16,20-21,30H,2-7,11-14H2,1H3. The lowest BCUT2D eigenvalue weighted by molar-refractivity contribution is 0.101. The first-order valence-corrected chi connectivity index (χ1v) is 11.7. The van der Waals surface area contributed by atoms with Gasteiger partial charge >= 0.3 is 5.69 Å². The predicted molar refractivity (Wildman–Crippen MR) is 125 cm³/mol. The van der Waals surface area contributed by atoms with Gasteiger partial charge in [-0.1, -0.05) is 50.7 Å². The van der Waals surface area contributed by atoms with Gasteiger partial charge in [0, 0.05) is 23.9 Å². The third-order valence-corrected chi connectivity index (χ3v) is 6.81. The van der Waals surface area contributed by atoms with Gasteiger partial charge in [-0.05, 0) is 44.7 Å². The SMILES string of the molecule is CC(=O)c1cccc(N=Cc2c(O)n(C3CCCCC3)c(=O)n(C3CCCCC3)c2=O)c1. The molecule has 32 heavy (non-hydrogen) atoms. The number of ketones is 1. The van der Waals surface area contributed by atoms with Gasteiger partial charge in [0.15, 0.2) is 5.78 Å². The summed E-state index contributed by atoms with van der Waals surface area (Å²) in [5.41, 5.74) is 0.181. The Bertz CT molecular complexity index is 1130. The lowest BCUT2D eigenvalue weighted by Crippen LogP contribution is -2.45. The van der Waals surface area contributed by atoms with Gasteiger partial charge in [-0.3, -0.25) is 23.7 Å². The van der Waals surface area contributed by atoms with Crippen molar-refractivity contribution in [3.63, 3.8) is 0 Å². The van der Waals surface area contributed by atoms with E-state index in [9.17, 15) is 19.5 Å². The zero-order valence-corrected chi connectivity index (χ0v) is 18.6. The quantitative estimate of drug-likeness (QED) is 0.543. The molecule has 0 radical (unpaired) electrons. The zero-order valence-electron chi connectivity index (χ0n) is 18.6. The summed E-state index contributed by atoms with van der Waals surface area (Å²) in [5.74, 6) is -0.374. The van der Waals surface area contributed by atoms with Crippen LogP contribution in [0.15, 0.2) is 38.8 Å². The molecular formula is C25H31N3O4. The number of aliphatic imine (C=N–C) groups is 1. The molecule has 2 fully saturated rings. The average Bonchev–Trinajstić information content (AvgIpc) is 2.80. The summed E-state index contributed by atoms with van der Waals surface area (Å²) in [6.07, 6.45) is 10.8. The molecule has 4 rings (SSSR count). The number of rotatable bonds is 5. The van der Waals surface area contributed by atoms with E-state index in [2.05, 4.69) is 4.99 Å². The van der Waals surface area contributed by atoms with Gasteiger partial charge in [0.1, 0.15) is 5.56 Å². The average molecular weight is 438 g/mol. The number of hydrogen-bond donors (Lipinski definition) is 1. The summed E-state index contributed by atoms with van der Waals surface area (Å²) in [6, 6.07) is 6.56. The number of aromatic nitrogens is 2. The minimum absolute atomic E-state index is 0.0361. The van der Waals surface area contributed by atoms with E-state index in [0.717, 1.165) is 64.2 Å². The van der Waals surface area contributed by atoms with Gasteiger partial charge in [0.25, 0.3) is 5.56 Å². The Hall–Kier alpha value is -2.96. The maximum absolute atomic E-state index is 13.4. The Morgan fingerprint density at radius 2 is 1.56 bits per heavy atom. The fourth-order valence-corrected chi connectivity index (χ4v) is 5.04. The summed E-state index contributed by atoms with van der Waals surface area (Å²) in [7, 11) is 0. The van der Waals surface area contributed by atoms with Crippen LogP contribution >= 0.6 is 0 Å². The Labute approximate surface area is 187 Å². The van der Waals surface area contributed by atoms with Crippen molar-refractivity contribution in [2.24, 2.45) is 4.99 Å². The van der Waals surface area contributed by atoms with Gasteiger partial charge in [0.2, 0.25) is 5.88 Å². The molecule has 1 aromatic carbocycles. The molecule has 0 atom stereocenters. The molecule has 2 aliphatic rings. The van der Waals surface area contributed by atoms with Crippen molar-refractivity contribution in [2.45, 2.75) is 83.2 Å². The molecule has 0 bridgehead atoms. The molecule has 0 amide bonds. The van der Waals surface area contributed by atoms with Crippen LogP contribution in [0.25, 0.3) is 0 Å². The van der Waals surface area contributed by atoms with Crippen molar-refractivity contribution in [1.82, 2.24) is 9.13 Å². The number of carbonyl (C=O) groups is 1. The molecule has 2 aromatic rings. The highest BCUT2D eigenvalue weighted by Gasteiger charge is 2.28. The van der Waals surface area contributed by atoms with Crippen LogP contribution in [-0.2, 0) is 0 Å². The van der Waals surface area contributed by atoms with E-state index in [0.29, 0.717) is 11.3 Å². The van der Waals surface area contributed by atoms with Gasteiger partial charge in [-0.15, -0.1) is 0 Å². The van der Waals surface area contributed by atoms with Crippen molar-refractivity contribution in [2.75, 3.05) is 0 Å². The number of hydrogen-bond acceptors (Lipinski definition) is 5. The third kappa shape index (κ3) is 4.47. The minimum Gasteiger partial charge on any atom is -0.494 e. The second-order valence-corrected chi connectivity index (χ2v) is 9.01. The molecule has 0 spiro atoms. The number of nitrogens with zero attached hydrogens (tertiary/aromatic N) is 3. The smallest absolute Gasteiger partial charge is 0.334 e. The predicted octanol–water partition coefficient (Wildman–Crippen LogP) is 4.68. The van der Waals surface area contributed by atoms with E-state index < -0.39 is 11.2 Å². The molecule has 170 valence electrons. The molecule has 0 aliphatic heterocycles. The maximum Gasteiger partial charge on any atom is 0.334 e. The second-order valence-electron chi connectivity index (χ2n) is 9.01. The topological polar surface area (TPSA) is 93.7 Å². The van der Waals surface area contributed by atoms with E-state index in [4.69, 9.17) is 0 Å². The fourth-order valence-electron chi connectivity index (χ4n) is 5.04. The van der Waals surface area contributed by atoms with E-state index >= 15 is 0 Å². The largest absolute Gasteiger partial charge is 0.494 e. The first-order valence-electron chi connectivity index (χ1n) is 11.7. The molecule has 1 heterocycles. The van der Waals surface area contributed by atoms with Gasteiger partial charge < -0.3 is 5.11 Å². The van der Waals surface area contributed by atoms with Crippen LogP contribution in [0.4, 0.5) is 5.69 Å². The first-order chi connectivity index (χ1) is 15.5. The molecule has 7 nitrogen and oxygen atoms in total. The summed E-state index contributed by atoms with van der Waals surface area (Å²) < 4.78 is 2.79. The van der Waals surface area contributed by atoms with E-state index in [1.807, 2.05) is 0 Å². The van der Waals surface area contributed by atoms with E-state index in [1.165, 1.54) is 22.3 Å². The lowest BCUT2D eigenvalue weighted by Gasteiger charge is -2.29. The molecule has 2 aliphatic carbocycles. The van der Waals surface area contributed by atoms with Gasteiger partial charge in [-0.2, -0.15) is 0 Å². The Balaban J connectivity index is 1.83. The van der Waals surface area contributed by atoms with Crippen LogP contribution in [0.2, 0.25) is 0 Å². The summed E-state index contributed by atoms with van der Waals surface area (Å²) in [5, 5.41) is 11.1. The maximum atomic E-state index is 13.4. The Morgan fingerprint density at radius 3 is 2.16 bits per heavy atom. The molecule has 2 saturated carbocycles. The van der Waals surface area contributed by atoms with Crippen molar-refractivity contribution in [1.29, 1.82) is 0 Å².